The summed E-state index contributed by atoms with van der Waals surface area (Å²) in [4.78, 5) is 11.8. The van der Waals surface area contributed by atoms with Crippen LogP contribution in [0, 0.1) is 17.0 Å². The molecule has 0 saturated carbocycles. The summed E-state index contributed by atoms with van der Waals surface area (Å²) in [5.74, 6) is 0. The van der Waals surface area contributed by atoms with E-state index >= 15 is 0 Å². The Balaban J connectivity index is 2.41. The second-order valence-corrected chi connectivity index (χ2v) is 6.40. The quantitative estimate of drug-likeness (QED) is 0.402. The van der Waals surface area contributed by atoms with Crippen molar-refractivity contribution in [1.29, 1.82) is 0 Å². The van der Waals surface area contributed by atoms with Crippen molar-refractivity contribution in [3.8, 4) is 11.3 Å². The van der Waals surface area contributed by atoms with Gasteiger partial charge < -0.3 is 0 Å². The number of thiophene rings is 1. The first-order valence-electron chi connectivity index (χ1n) is 6.31. The summed E-state index contributed by atoms with van der Waals surface area (Å²) in [6, 6.07) is 9.43. The predicted molar refractivity (Wildman–Crippen MR) is 84.8 cm³/mol. The summed E-state index contributed by atoms with van der Waals surface area (Å²) in [5, 5.41) is 12.4. The van der Waals surface area contributed by atoms with E-state index in [0.29, 0.717) is 5.69 Å². The average molecular weight is 320 g/mol. The molecule has 2 heterocycles. The molecule has 0 radical (unpaired) electrons. The predicted octanol–water partition coefficient (Wildman–Crippen LogP) is 4.26. The normalized spacial score (nSPS) is 11.0. The molecule has 0 fully saturated rings. The molecule has 0 unspecified atom stereocenters. The van der Waals surface area contributed by atoms with Crippen molar-refractivity contribution in [2.24, 2.45) is 7.05 Å². The zero-order valence-corrected chi connectivity index (χ0v) is 13.0. The Morgan fingerprint density at radius 3 is 2.71 bits per heavy atom. The van der Waals surface area contributed by atoms with E-state index in [9.17, 15) is 10.1 Å². The third-order valence-corrected chi connectivity index (χ3v) is 4.91. The Morgan fingerprint density at radius 2 is 2.00 bits per heavy atom. The van der Waals surface area contributed by atoms with Crippen molar-refractivity contribution in [3.63, 3.8) is 0 Å². The van der Waals surface area contributed by atoms with Crippen LogP contribution in [0.15, 0.2) is 36.5 Å². The molecule has 6 heteroatoms. The lowest BCUT2D eigenvalue weighted by atomic mass is 10.1. The van der Waals surface area contributed by atoms with Crippen molar-refractivity contribution in [1.82, 2.24) is 0 Å². The maximum atomic E-state index is 11.1. The van der Waals surface area contributed by atoms with Crippen LogP contribution >= 0.6 is 22.9 Å². The molecule has 0 amide bonds. The van der Waals surface area contributed by atoms with Gasteiger partial charge in [-0.05, 0) is 13.0 Å². The minimum Gasteiger partial charge on any atom is -0.258 e. The van der Waals surface area contributed by atoms with E-state index in [1.165, 1.54) is 6.07 Å². The first kappa shape index (κ1) is 14.0. The van der Waals surface area contributed by atoms with Gasteiger partial charge in [0.2, 0.25) is 5.69 Å². The highest BCUT2D eigenvalue weighted by atomic mass is 35.5. The fourth-order valence-electron chi connectivity index (χ4n) is 2.50. The van der Waals surface area contributed by atoms with Gasteiger partial charge in [0.25, 0.3) is 0 Å². The fraction of sp³-hybridized carbons (Fsp3) is 0.133. The highest BCUT2D eigenvalue weighted by Crippen LogP contribution is 2.41. The Kier molecular flexibility index (Phi) is 3.39. The second-order valence-electron chi connectivity index (χ2n) is 4.76. The van der Waals surface area contributed by atoms with Gasteiger partial charge in [-0.25, -0.2) is 0 Å². The van der Waals surface area contributed by atoms with E-state index in [1.807, 2.05) is 42.8 Å². The first-order chi connectivity index (χ1) is 10.0. The Morgan fingerprint density at radius 1 is 1.29 bits per heavy atom. The number of aromatic nitrogens is 1. The van der Waals surface area contributed by atoms with Crippen LogP contribution in [0.1, 0.15) is 4.88 Å². The molecule has 0 aliphatic rings. The lowest BCUT2D eigenvalue weighted by molar-refractivity contribution is -0.660. The number of benzene rings is 1. The van der Waals surface area contributed by atoms with Crippen molar-refractivity contribution in [3.05, 3.63) is 56.5 Å². The summed E-state index contributed by atoms with van der Waals surface area (Å²) in [6.45, 7) is 2.01. The van der Waals surface area contributed by atoms with Gasteiger partial charge in [0, 0.05) is 15.0 Å². The Bertz CT molecular complexity index is 873. The van der Waals surface area contributed by atoms with Crippen molar-refractivity contribution in [2.75, 3.05) is 0 Å². The topological polar surface area (TPSA) is 47.0 Å². The van der Waals surface area contributed by atoms with Crippen LogP contribution in [0.3, 0.4) is 0 Å². The number of fused-ring (bicyclic) bond motifs is 1. The number of aryl methyl sites for hydroxylation is 2. The number of halogens is 1. The number of hydrogen-bond donors (Lipinski definition) is 0. The Hall–Kier alpha value is -1.98. The molecule has 106 valence electrons. The summed E-state index contributed by atoms with van der Waals surface area (Å²) in [6.07, 6.45) is 1.67. The lowest BCUT2D eigenvalue weighted by Gasteiger charge is -2.04. The van der Waals surface area contributed by atoms with E-state index in [2.05, 4.69) is 0 Å². The van der Waals surface area contributed by atoms with E-state index in [-0.39, 0.29) is 10.7 Å². The van der Waals surface area contributed by atoms with Gasteiger partial charge >= 0.3 is 5.69 Å². The minimum absolute atomic E-state index is 0.0700. The monoisotopic (exact) mass is 319 g/mol. The van der Waals surface area contributed by atoms with E-state index in [0.717, 1.165) is 20.5 Å². The lowest BCUT2D eigenvalue weighted by Crippen LogP contribution is -2.31. The zero-order valence-electron chi connectivity index (χ0n) is 11.5. The van der Waals surface area contributed by atoms with Crippen LogP contribution in [0.4, 0.5) is 5.69 Å². The molecule has 0 N–H and O–H groups in total. The van der Waals surface area contributed by atoms with Gasteiger partial charge in [0.05, 0.1) is 16.6 Å². The molecule has 0 spiro atoms. The molecular weight excluding hydrogens is 308 g/mol. The first-order valence-corrected chi connectivity index (χ1v) is 7.51. The molecule has 2 aromatic heterocycles. The molecule has 0 aliphatic heterocycles. The second kappa shape index (κ2) is 5.09. The van der Waals surface area contributed by atoms with Crippen LogP contribution in [-0.2, 0) is 7.05 Å². The summed E-state index contributed by atoms with van der Waals surface area (Å²) < 4.78 is 2.98. The molecule has 4 nitrogen and oxygen atoms in total. The number of pyridine rings is 1. The molecule has 0 bridgehead atoms. The number of nitrogens with zero attached hydrogens (tertiary/aromatic N) is 2. The van der Waals surface area contributed by atoms with Crippen molar-refractivity contribution >= 4 is 38.7 Å². The smallest absolute Gasteiger partial charge is 0.258 e. The van der Waals surface area contributed by atoms with Crippen LogP contribution in [-0.4, -0.2) is 4.92 Å². The van der Waals surface area contributed by atoms with E-state index in [1.54, 1.807) is 17.5 Å². The number of rotatable bonds is 2. The number of nitro groups is 1. The maximum absolute atomic E-state index is 11.1. The molecule has 1 aromatic carbocycles. The summed E-state index contributed by atoms with van der Waals surface area (Å²) >= 11 is 7.98. The van der Waals surface area contributed by atoms with E-state index < -0.39 is 4.92 Å². The molecule has 0 atom stereocenters. The Labute approximate surface area is 130 Å². The van der Waals surface area contributed by atoms with Crippen molar-refractivity contribution < 1.29 is 9.49 Å². The molecule has 0 saturated heterocycles. The summed E-state index contributed by atoms with van der Waals surface area (Å²) in [5.41, 5.74) is 1.58. The van der Waals surface area contributed by atoms with Crippen LogP contribution in [0.5, 0.6) is 0 Å². The van der Waals surface area contributed by atoms with Crippen LogP contribution in [0.25, 0.3) is 21.3 Å². The van der Waals surface area contributed by atoms with Gasteiger partial charge in [-0.3, -0.25) is 10.1 Å². The zero-order chi connectivity index (χ0) is 15.1. The maximum Gasteiger partial charge on any atom is 0.300 e. The van der Waals surface area contributed by atoms with Gasteiger partial charge in [0.1, 0.15) is 7.05 Å². The third kappa shape index (κ3) is 2.18. The molecule has 21 heavy (non-hydrogen) atoms. The fourth-order valence-corrected chi connectivity index (χ4v) is 3.92. The van der Waals surface area contributed by atoms with E-state index in [4.69, 9.17) is 11.6 Å². The molecular formula is C15H12ClN2O2S+. The SMILES string of the molecule is Cc1sc2ccccc2c1-c1c(Cl)c([N+](=O)[O-])cc[n+]1C. The van der Waals surface area contributed by atoms with Gasteiger partial charge in [-0.1, -0.05) is 29.8 Å². The highest BCUT2D eigenvalue weighted by molar-refractivity contribution is 7.19. The van der Waals surface area contributed by atoms with Crippen LogP contribution < -0.4 is 4.57 Å². The minimum atomic E-state index is -0.449. The van der Waals surface area contributed by atoms with Gasteiger partial charge in [0.15, 0.2) is 11.2 Å². The number of hydrogen-bond acceptors (Lipinski definition) is 3. The molecule has 0 aliphatic carbocycles. The van der Waals surface area contributed by atoms with Gasteiger partial charge in [-0.2, -0.15) is 4.57 Å². The van der Waals surface area contributed by atoms with Crippen LogP contribution in [0.2, 0.25) is 5.02 Å². The molecule has 3 rings (SSSR count). The van der Waals surface area contributed by atoms with Gasteiger partial charge in [-0.15, -0.1) is 11.3 Å². The highest BCUT2D eigenvalue weighted by Gasteiger charge is 2.28. The largest absolute Gasteiger partial charge is 0.300 e. The summed E-state index contributed by atoms with van der Waals surface area (Å²) in [7, 11) is 1.84. The average Bonchev–Trinajstić information content (AvgIpc) is 2.75. The third-order valence-electron chi connectivity index (χ3n) is 3.45. The standard InChI is InChI=1S/C15H12ClN2O2S/c1-9-13(10-5-3-4-6-12(10)21-9)15-14(16)11(18(19)20)7-8-17(15)2/h3-8H,1-2H3/q+1. The van der Waals surface area contributed by atoms with Crippen molar-refractivity contribution in [2.45, 2.75) is 6.92 Å². The molecule has 3 aromatic rings.